The number of ether oxygens (including phenoxy) is 1. The van der Waals surface area contributed by atoms with Gasteiger partial charge in [-0.1, -0.05) is 17.7 Å². The van der Waals surface area contributed by atoms with Gasteiger partial charge in [0, 0.05) is 48.1 Å². The van der Waals surface area contributed by atoms with Crippen molar-refractivity contribution in [3.05, 3.63) is 46.6 Å². The van der Waals surface area contributed by atoms with Crippen LogP contribution in [0.4, 0.5) is 15.0 Å². The van der Waals surface area contributed by atoms with Crippen LogP contribution in [0.5, 0.6) is 0 Å². The standard InChI is InChI=1S/C28H33ClFN7O2/c1-16-7-8-20-18(14-31-34-20)22(16)23-19(29)13-17-25(24(23)30)32-21(15-35(5)6)33-26(17)36-9-11-37(12-10-36)27(38)39-28(2,3)4/h7-8,13-14H,9-12,15H2,1-6H3,(H,31,34). The van der Waals surface area contributed by atoms with Crippen molar-refractivity contribution in [3.8, 4) is 11.1 Å². The normalized spacial score (nSPS) is 14.6. The van der Waals surface area contributed by atoms with E-state index in [1.165, 1.54) is 0 Å². The first-order valence-corrected chi connectivity index (χ1v) is 13.3. The molecule has 9 nitrogen and oxygen atoms in total. The molecule has 0 saturated carbocycles. The number of anilines is 1. The van der Waals surface area contributed by atoms with E-state index in [9.17, 15) is 4.79 Å². The monoisotopic (exact) mass is 553 g/mol. The van der Waals surface area contributed by atoms with Crippen molar-refractivity contribution >= 4 is 45.3 Å². The van der Waals surface area contributed by atoms with Gasteiger partial charge in [-0.25, -0.2) is 19.2 Å². The molecule has 0 spiro atoms. The number of hydrogen-bond acceptors (Lipinski definition) is 7. The van der Waals surface area contributed by atoms with E-state index in [0.29, 0.717) is 60.9 Å². The lowest BCUT2D eigenvalue weighted by Crippen LogP contribution is -2.50. The van der Waals surface area contributed by atoms with Gasteiger partial charge in [0.25, 0.3) is 0 Å². The molecule has 2 aromatic heterocycles. The minimum Gasteiger partial charge on any atom is -0.444 e. The average Bonchev–Trinajstić information content (AvgIpc) is 3.33. The maximum absolute atomic E-state index is 16.5. The number of amides is 1. The lowest BCUT2D eigenvalue weighted by atomic mass is 9.95. The highest BCUT2D eigenvalue weighted by atomic mass is 35.5. The third kappa shape index (κ3) is 5.35. The Morgan fingerprint density at radius 1 is 1.13 bits per heavy atom. The highest BCUT2D eigenvalue weighted by molar-refractivity contribution is 6.35. The van der Waals surface area contributed by atoms with Crippen molar-refractivity contribution in [1.82, 2.24) is 30.0 Å². The fraction of sp³-hybridized carbons (Fsp3) is 0.429. The molecule has 39 heavy (non-hydrogen) atoms. The third-order valence-electron chi connectivity index (χ3n) is 6.68. The van der Waals surface area contributed by atoms with E-state index in [-0.39, 0.29) is 16.6 Å². The second-order valence-electron chi connectivity index (χ2n) is 11.2. The maximum atomic E-state index is 16.5. The van der Waals surface area contributed by atoms with Crippen molar-refractivity contribution in [1.29, 1.82) is 0 Å². The Morgan fingerprint density at radius 2 is 1.85 bits per heavy atom. The molecule has 2 aromatic carbocycles. The predicted molar refractivity (Wildman–Crippen MR) is 152 cm³/mol. The number of fused-ring (bicyclic) bond motifs is 2. The van der Waals surface area contributed by atoms with Gasteiger partial charge < -0.3 is 19.4 Å². The molecule has 1 aliphatic heterocycles. The number of hydrogen-bond donors (Lipinski definition) is 1. The first kappa shape index (κ1) is 27.1. The van der Waals surface area contributed by atoms with Crippen LogP contribution in [0.2, 0.25) is 5.02 Å². The Hall–Kier alpha value is -3.50. The van der Waals surface area contributed by atoms with Crippen LogP contribution in [0, 0.1) is 12.7 Å². The molecule has 5 rings (SSSR count). The molecule has 0 atom stereocenters. The number of aromatic nitrogens is 4. The van der Waals surface area contributed by atoms with Gasteiger partial charge in [-0.2, -0.15) is 5.10 Å². The summed E-state index contributed by atoms with van der Waals surface area (Å²) in [4.78, 5) is 27.8. The SMILES string of the molecule is Cc1ccc2[nH]ncc2c1-c1c(Cl)cc2c(N3CCN(C(=O)OC(C)(C)C)CC3)nc(CN(C)C)nc2c1F. The summed E-state index contributed by atoms with van der Waals surface area (Å²) in [5.74, 6) is 0.610. The van der Waals surface area contributed by atoms with E-state index < -0.39 is 11.4 Å². The zero-order valence-corrected chi connectivity index (χ0v) is 23.9. The van der Waals surface area contributed by atoms with Crippen LogP contribution in [0.15, 0.2) is 24.4 Å². The quantitative estimate of drug-likeness (QED) is 0.362. The molecule has 1 aliphatic rings. The topological polar surface area (TPSA) is 90.5 Å². The lowest BCUT2D eigenvalue weighted by Gasteiger charge is -2.36. The van der Waals surface area contributed by atoms with E-state index >= 15 is 4.39 Å². The van der Waals surface area contributed by atoms with E-state index in [1.54, 1.807) is 17.2 Å². The van der Waals surface area contributed by atoms with Crippen LogP contribution >= 0.6 is 11.6 Å². The van der Waals surface area contributed by atoms with Gasteiger partial charge in [-0.3, -0.25) is 5.10 Å². The number of piperazine rings is 1. The first-order valence-electron chi connectivity index (χ1n) is 12.9. The number of H-pyrrole nitrogens is 1. The van der Waals surface area contributed by atoms with Gasteiger partial charge in [0.05, 0.1) is 23.3 Å². The lowest BCUT2D eigenvalue weighted by molar-refractivity contribution is 0.0240. The summed E-state index contributed by atoms with van der Waals surface area (Å²) in [6.07, 6.45) is 1.34. The molecule has 1 amide bonds. The smallest absolute Gasteiger partial charge is 0.410 e. The number of halogens is 2. The number of carbonyl (C=O) groups is 1. The summed E-state index contributed by atoms with van der Waals surface area (Å²) >= 11 is 6.82. The second-order valence-corrected chi connectivity index (χ2v) is 11.6. The second kappa shape index (κ2) is 10.2. The summed E-state index contributed by atoms with van der Waals surface area (Å²) in [5, 5.41) is 8.69. The van der Waals surface area contributed by atoms with Crippen LogP contribution in [0.1, 0.15) is 32.2 Å². The van der Waals surface area contributed by atoms with E-state index in [2.05, 4.69) is 20.1 Å². The highest BCUT2D eigenvalue weighted by Gasteiger charge is 2.29. The molecule has 1 saturated heterocycles. The number of carbonyl (C=O) groups excluding carboxylic acids is 1. The average molecular weight is 554 g/mol. The minimum atomic E-state index is -0.566. The van der Waals surface area contributed by atoms with Gasteiger partial charge in [-0.15, -0.1) is 0 Å². The Bertz CT molecular complexity index is 1560. The summed E-state index contributed by atoms with van der Waals surface area (Å²) in [5.41, 5.74) is 2.31. The summed E-state index contributed by atoms with van der Waals surface area (Å²) in [6, 6.07) is 5.59. The fourth-order valence-corrected chi connectivity index (χ4v) is 5.22. The third-order valence-corrected chi connectivity index (χ3v) is 6.98. The molecule has 206 valence electrons. The molecular formula is C28H33ClFN7O2. The number of benzene rings is 2. The number of nitrogens with zero attached hydrogens (tertiary/aromatic N) is 6. The van der Waals surface area contributed by atoms with Crippen LogP contribution < -0.4 is 4.90 Å². The first-order chi connectivity index (χ1) is 18.4. The summed E-state index contributed by atoms with van der Waals surface area (Å²) in [6.45, 7) is 9.86. The van der Waals surface area contributed by atoms with Crippen molar-refractivity contribution in [2.45, 2.75) is 39.8 Å². The number of aryl methyl sites for hydroxylation is 1. The van der Waals surface area contributed by atoms with Gasteiger partial charge >= 0.3 is 6.09 Å². The van der Waals surface area contributed by atoms with Gasteiger partial charge in [0.15, 0.2) is 5.82 Å². The number of nitrogens with one attached hydrogen (secondary N) is 1. The van der Waals surface area contributed by atoms with E-state index in [4.69, 9.17) is 21.3 Å². The van der Waals surface area contributed by atoms with Crippen LogP contribution in [0.3, 0.4) is 0 Å². The molecular weight excluding hydrogens is 521 g/mol. The molecule has 11 heteroatoms. The van der Waals surface area contributed by atoms with Crippen molar-refractivity contribution in [2.75, 3.05) is 45.2 Å². The fourth-order valence-electron chi connectivity index (χ4n) is 4.93. The summed E-state index contributed by atoms with van der Waals surface area (Å²) < 4.78 is 22.0. The molecule has 4 aromatic rings. The molecule has 0 bridgehead atoms. The highest BCUT2D eigenvalue weighted by Crippen LogP contribution is 2.42. The molecule has 0 radical (unpaired) electrons. The van der Waals surface area contributed by atoms with Crippen LogP contribution in [-0.4, -0.2) is 81.9 Å². The van der Waals surface area contributed by atoms with Gasteiger partial charge in [0.1, 0.15) is 22.8 Å². The van der Waals surface area contributed by atoms with Crippen molar-refractivity contribution < 1.29 is 13.9 Å². The molecule has 1 N–H and O–H groups in total. The van der Waals surface area contributed by atoms with Gasteiger partial charge in [0.2, 0.25) is 0 Å². The van der Waals surface area contributed by atoms with Crippen LogP contribution in [-0.2, 0) is 11.3 Å². The Labute approximate surface area is 231 Å². The molecule has 3 heterocycles. The number of aromatic amines is 1. The molecule has 0 aliphatic carbocycles. The zero-order chi connectivity index (χ0) is 28.1. The van der Waals surface area contributed by atoms with Crippen LogP contribution in [0.25, 0.3) is 32.9 Å². The minimum absolute atomic E-state index is 0.214. The van der Waals surface area contributed by atoms with E-state index in [0.717, 1.165) is 16.5 Å². The maximum Gasteiger partial charge on any atom is 0.410 e. The number of rotatable bonds is 4. The van der Waals surface area contributed by atoms with Crippen molar-refractivity contribution in [3.63, 3.8) is 0 Å². The Kier molecular flexibility index (Phi) is 7.11. The zero-order valence-electron chi connectivity index (χ0n) is 23.1. The predicted octanol–water partition coefficient (Wildman–Crippen LogP) is 5.39. The Balaban J connectivity index is 1.59. The largest absolute Gasteiger partial charge is 0.444 e. The summed E-state index contributed by atoms with van der Waals surface area (Å²) in [7, 11) is 3.83. The molecule has 0 unspecified atom stereocenters. The van der Waals surface area contributed by atoms with Crippen molar-refractivity contribution in [2.24, 2.45) is 0 Å². The Morgan fingerprint density at radius 3 is 2.51 bits per heavy atom. The van der Waals surface area contributed by atoms with Gasteiger partial charge in [-0.05, 0) is 59.5 Å². The molecule has 1 fully saturated rings. The van der Waals surface area contributed by atoms with E-state index in [1.807, 2.05) is 58.8 Å².